The maximum Gasteiger partial charge on any atom is 0.279 e. The molecular weight excluding hydrogens is 450 g/mol. The molecule has 4 rings (SSSR count). The molecule has 0 fully saturated rings. The monoisotopic (exact) mass is 473 g/mol. The number of nitrogens with one attached hydrogen (secondary N) is 1. The van der Waals surface area contributed by atoms with E-state index in [4.69, 9.17) is 11.6 Å². The molecule has 0 saturated carbocycles. The maximum absolute atomic E-state index is 13.9. The highest BCUT2D eigenvalue weighted by molar-refractivity contribution is 6.31. The van der Waals surface area contributed by atoms with Crippen molar-refractivity contribution in [3.63, 3.8) is 0 Å². The van der Waals surface area contributed by atoms with E-state index in [2.05, 4.69) is 20.3 Å². The molecule has 0 saturated heterocycles. The number of para-hydroxylation sites is 1. The fourth-order valence-electron chi connectivity index (χ4n) is 3.64. The first kappa shape index (κ1) is 23.3. The Morgan fingerprint density at radius 2 is 1.71 bits per heavy atom. The lowest BCUT2D eigenvalue weighted by Gasteiger charge is -2.33. The minimum atomic E-state index is -1.08. The Bertz CT molecular complexity index is 1340. The van der Waals surface area contributed by atoms with Gasteiger partial charge in [0.25, 0.3) is 5.91 Å². The highest BCUT2D eigenvalue weighted by Crippen LogP contribution is 2.34. The number of halogens is 1. The molecule has 8 heteroatoms. The Morgan fingerprint density at radius 1 is 0.971 bits per heavy atom. The van der Waals surface area contributed by atoms with E-state index in [1.165, 1.54) is 23.5 Å². The summed E-state index contributed by atoms with van der Waals surface area (Å²) in [5.41, 5.74) is 1.24. The van der Waals surface area contributed by atoms with Crippen LogP contribution >= 0.6 is 11.6 Å². The molecule has 4 aromatic rings. The standard InChI is InChI=1S/C26H24ClN5O2/c1-26(2,3)31-24(33)23(19-9-5-6-10-20(19)27)32(25(34)22-16-28-12-13-29-22)18-14-17-8-4-7-11-21(17)30-15-18/h4-16,23H,1-3H3,(H,31,33). The number of carbonyl (C=O) groups excluding carboxylic acids is 2. The molecule has 1 N–H and O–H groups in total. The molecule has 7 nitrogen and oxygen atoms in total. The van der Waals surface area contributed by atoms with Crippen molar-refractivity contribution in [2.45, 2.75) is 32.4 Å². The van der Waals surface area contributed by atoms with Gasteiger partial charge in [0.15, 0.2) is 0 Å². The largest absolute Gasteiger partial charge is 0.349 e. The van der Waals surface area contributed by atoms with E-state index in [-0.39, 0.29) is 11.6 Å². The first-order valence-electron chi connectivity index (χ1n) is 10.8. The molecule has 172 valence electrons. The van der Waals surface area contributed by atoms with Gasteiger partial charge in [0.05, 0.1) is 23.6 Å². The zero-order valence-electron chi connectivity index (χ0n) is 19.1. The van der Waals surface area contributed by atoms with Crippen LogP contribution in [0.15, 0.2) is 79.4 Å². The molecule has 2 aromatic carbocycles. The molecule has 0 aliphatic carbocycles. The van der Waals surface area contributed by atoms with Gasteiger partial charge < -0.3 is 5.32 Å². The van der Waals surface area contributed by atoms with E-state index in [9.17, 15) is 9.59 Å². The van der Waals surface area contributed by atoms with Crippen molar-refractivity contribution in [2.75, 3.05) is 4.90 Å². The summed E-state index contributed by atoms with van der Waals surface area (Å²) in [5, 5.41) is 4.18. The molecule has 0 bridgehead atoms. The summed E-state index contributed by atoms with van der Waals surface area (Å²) >= 11 is 6.55. The van der Waals surface area contributed by atoms with E-state index in [1.54, 1.807) is 30.5 Å². The summed E-state index contributed by atoms with van der Waals surface area (Å²) < 4.78 is 0. The molecule has 1 atom stereocenters. The number of anilines is 1. The average Bonchev–Trinajstić information content (AvgIpc) is 2.82. The number of fused-ring (bicyclic) bond motifs is 1. The van der Waals surface area contributed by atoms with Crippen LogP contribution in [0.2, 0.25) is 5.02 Å². The highest BCUT2D eigenvalue weighted by atomic mass is 35.5. The predicted octanol–water partition coefficient (Wildman–Crippen LogP) is 4.98. The van der Waals surface area contributed by atoms with Gasteiger partial charge in [-0.25, -0.2) is 4.98 Å². The fourth-order valence-corrected chi connectivity index (χ4v) is 3.88. The minimum absolute atomic E-state index is 0.0938. The van der Waals surface area contributed by atoms with Crippen molar-refractivity contribution >= 4 is 40.0 Å². The summed E-state index contributed by atoms with van der Waals surface area (Å²) in [6, 6.07) is 15.3. The third-order valence-electron chi connectivity index (χ3n) is 5.06. The highest BCUT2D eigenvalue weighted by Gasteiger charge is 2.36. The van der Waals surface area contributed by atoms with Gasteiger partial charge in [0.1, 0.15) is 11.7 Å². The lowest BCUT2D eigenvalue weighted by atomic mass is 10.0. The van der Waals surface area contributed by atoms with Crippen LogP contribution < -0.4 is 10.2 Å². The number of hydrogen-bond acceptors (Lipinski definition) is 5. The lowest BCUT2D eigenvalue weighted by Crippen LogP contribution is -2.49. The minimum Gasteiger partial charge on any atom is -0.349 e. The van der Waals surface area contributed by atoms with Gasteiger partial charge in [-0.3, -0.25) is 24.5 Å². The first-order chi connectivity index (χ1) is 16.2. The Balaban J connectivity index is 1.94. The molecule has 1 unspecified atom stereocenters. The van der Waals surface area contributed by atoms with Crippen molar-refractivity contribution in [3.8, 4) is 0 Å². The molecular formula is C26H24ClN5O2. The maximum atomic E-state index is 13.9. The SMILES string of the molecule is CC(C)(C)NC(=O)C(c1ccccc1Cl)N(C(=O)c1cnccn1)c1cnc2ccccc2c1. The second-order valence-corrected chi connectivity index (χ2v) is 9.22. The number of aromatic nitrogens is 3. The molecule has 34 heavy (non-hydrogen) atoms. The van der Waals surface area contributed by atoms with Crippen LogP contribution in [0.1, 0.15) is 42.9 Å². The average molecular weight is 474 g/mol. The zero-order valence-corrected chi connectivity index (χ0v) is 19.8. The lowest BCUT2D eigenvalue weighted by molar-refractivity contribution is -0.123. The van der Waals surface area contributed by atoms with Gasteiger partial charge in [-0.1, -0.05) is 48.0 Å². The van der Waals surface area contributed by atoms with Crippen molar-refractivity contribution < 1.29 is 9.59 Å². The summed E-state index contributed by atoms with van der Waals surface area (Å²) in [5.74, 6) is -0.884. The van der Waals surface area contributed by atoms with Gasteiger partial charge in [-0.2, -0.15) is 0 Å². The third-order valence-corrected chi connectivity index (χ3v) is 5.40. The quantitative estimate of drug-likeness (QED) is 0.441. The van der Waals surface area contributed by atoms with Crippen molar-refractivity contribution in [2.24, 2.45) is 0 Å². The third kappa shape index (κ3) is 5.05. The van der Waals surface area contributed by atoms with E-state index < -0.39 is 17.5 Å². The Kier molecular flexibility index (Phi) is 6.56. The van der Waals surface area contributed by atoms with Crippen molar-refractivity contribution in [1.82, 2.24) is 20.3 Å². The number of amides is 2. The molecule has 2 heterocycles. The summed E-state index contributed by atoms with van der Waals surface area (Å²) in [6.07, 6.45) is 5.86. The second kappa shape index (κ2) is 9.57. The Labute approximate surface area is 202 Å². The fraction of sp³-hybridized carbons (Fsp3) is 0.192. The normalized spacial score (nSPS) is 12.2. The molecule has 2 aromatic heterocycles. The number of pyridine rings is 1. The van der Waals surface area contributed by atoms with Crippen LogP contribution in [-0.4, -0.2) is 32.3 Å². The molecule has 2 amide bonds. The van der Waals surface area contributed by atoms with Crippen LogP contribution in [0.3, 0.4) is 0 Å². The van der Waals surface area contributed by atoms with Crippen molar-refractivity contribution in [3.05, 3.63) is 95.7 Å². The van der Waals surface area contributed by atoms with E-state index in [0.717, 1.165) is 10.9 Å². The summed E-state index contributed by atoms with van der Waals surface area (Å²) in [7, 11) is 0. The molecule has 0 spiro atoms. The van der Waals surface area contributed by atoms with Crippen LogP contribution in [0.25, 0.3) is 10.9 Å². The summed E-state index contributed by atoms with van der Waals surface area (Å²) in [6.45, 7) is 5.63. The zero-order chi connectivity index (χ0) is 24.3. The van der Waals surface area contributed by atoms with Crippen LogP contribution in [0.5, 0.6) is 0 Å². The number of benzene rings is 2. The molecule has 0 radical (unpaired) electrons. The number of rotatable bonds is 5. The smallest absolute Gasteiger partial charge is 0.279 e. The van der Waals surface area contributed by atoms with Gasteiger partial charge >= 0.3 is 0 Å². The van der Waals surface area contributed by atoms with Gasteiger partial charge in [0.2, 0.25) is 5.91 Å². The van der Waals surface area contributed by atoms with Crippen molar-refractivity contribution in [1.29, 1.82) is 0 Å². The van der Waals surface area contributed by atoms with Crippen LogP contribution in [0.4, 0.5) is 5.69 Å². The van der Waals surface area contributed by atoms with E-state index >= 15 is 0 Å². The number of carbonyl (C=O) groups is 2. The van der Waals surface area contributed by atoms with Gasteiger partial charge in [0, 0.05) is 33.9 Å². The van der Waals surface area contributed by atoms with Gasteiger partial charge in [-0.15, -0.1) is 0 Å². The first-order valence-corrected chi connectivity index (χ1v) is 11.1. The number of hydrogen-bond donors (Lipinski definition) is 1. The molecule has 0 aliphatic rings. The Morgan fingerprint density at radius 3 is 2.41 bits per heavy atom. The van der Waals surface area contributed by atoms with Crippen LogP contribution in [-0.2, 0) is 4.79 Å². The van der Waals surface area contributed by atoms with E-state index in [0.29, 0.717) is 16.3 Å². The summed E-state index contributed by atoms with van der Waals surface area (Å²) in [4.78, 5) is 41.7. The second-order valence-electron chi connectivity index (χ2n) is 8.82. The van der Waals surface area contributed by atoms with E-state index in [1.807, 2.05) is 51.1 Å². The Hall–Kier alpha value is -3.84. The molecule has 0 aliphatic heterocycles. The predicted molar refractivity (Wildman–Crippen MR) is 133 cm³/mol. The number of nitrogens with zero attached hydrogens (tertiary/aromatic N) is 4. The topological polar surface area (TPSA) is 88.1 Å². The van der Waals surface area contributed by atoms with Crippen LogP contribution in [0, 0.1) is 0 Å². The van der Waals surface area contributed by atoms with Gasteiger partial charge in [-0.05, 0) is 39.0 Å².